The summed E-state index contributed by atoms with van der Waals surface area (Å²) >= 11 is 1.57. The molecule has 0 bridgehead atoms. The molecule has 126 valence electrons. The summed E-state index contributed by atoms with van der Waals surface area (Å²) in [5.74, 6) is 0.261. The second kappa shape index (κ2) is 6.57. The molecule has 2 fully saturated rings. The molecule has 2 aromatic rings. The average molecular weight is 344 g/mol. The number of nitrogens with zero attached hydrogens (tertiary/aromatic N) is 4. The van der Waals surface area contributed by atoms with Crippen molar-refractivity contribution in [3.8, 4) is 10.7 Å². The van der Waals surface area contributed by atoms with Gasteiger partial charge in [-0.1, -0.05) is 0 Å². The Labute approximate surface area is 144 Å². The van der Waals surface area contributed by atoms with E-state index < -0.39 is 0 Å². The lowest BCUT2D eigenvalue weighted by molar-refractivity contribution is -0.137. The predicted octanol–water partition coefficient (Wildman–Crippen LogP) is 2.17. The number of thiazole rings is 1. The van der Waals surface area contributed by atoms with Crippen LogP contribution in [-0.2, 0) is 16.0 Å². The maximum Gasteiger partial charge on any atom is 0.222 e. The molecule has 2 aliphatic rings. The standard InChI is InChI=1S/C17H20N4O2S/c22-15-1-3-17(4-8-23-12-17)11-21(15)7-2-13-10-24-16(20-13)14-9-18-5-6-19-14/h5-6,9-10H,1-4,7-8,11-12H2. The van der Waals surface area contributed by atoms with Gasteiger partial charge in [0.05, 0.1) is 18.5 Å². The fraction of sp³-hybridized carbons (Fsp3) is 0.529. The summed E-state index contributed by atoms with van der Waals surface area (Å²) in [5, 5.41) is 2.93. The molecule has 24 heavy (non-hydrogen) atoms. The van der Waals surface area contributed by atoms with E-state index in [1.165, 1.54) is 0 Å². The summed E-state index contributed by atoms with van der Waals surface area (Å²) in [5.41, 5.74) is 2.00. The van der Waals surface area contributed by atoms with Crippen LogP contribution in [0, 0.1) is 5.41 Å². The molecule has 2 aliphatic heterocycles. The highest BCUT2D eigenvalue weighted by Crippen LogP contribution is 2.38. The number of likely N-dealkylation sites (tertiary alicyclic amines) is 1. The third-order valence-electron chi connectivity index (χ3n) is 4.91. The molecule has 4 rings (SSSR count). The van der Waals surface area contributed by atoms with Gasteiger partial charge in [0.2, 0.25) is 5.91 Å². The van der Waals surface area contributed by atoms with Gasteiger partial charge in [0.25, 0.3) is 0 Å². The second-order valence-corrected chi connectivity index (χ2v) is 7.46. The quantitative estimate of drug-likeness (QED) is 0.850. The summed E-state index contributed by atoms with van der Waals surface area (Å²) in [6, 6.07) is 0. The van der Waals surface area contributed by atoms with Gasteiger partial charge in [-0.15, -0.1) is 11.3 Å². The maximum atomic E-state index is 12.2. The molecule has 0 aromatic carbocycles. The van der Waals surface area contributed by atoms with Crippen LogP contribution in [0.3, 0.4) is 0 Å². The zero-order valence-corrected chi connectivity index (χ0v) is 14.3. The minimum Gasteiger partial charge on any atom is -0.381 e. The molecule has 0 saturated carbocycles. The largest absolute Gasteiger partial charge is 0.381 e. The molecule has 0 radical (unpaired) electrons. The predicted molar refractivity (Wildman–Crippen MR) is 90.5 cm³/mol. The summed E-state index contributed by atoms with van der Waals surface area (Å²) < 4.78 is 5.57. The topological polar surface area (TPSA) is 68.2 Å². The maximum absolute atomic E-state index is 12.2. The number of carbonyl (C=O) groups excluding carboxylic acids is 1. The Morgan fingerprint density at radius 1 is 1.33 bits per heavy atom. The molecule has 4 heterocycles. The monoisotopic (exact) mass is 344 g/mol. The van der Waals surface area contributed by atoms with Crippen molar-refractivity contribution < 1.29 is 9.53 Å². The van der Waals surface area contributed by atoms with Crippen molar-refractivity contribution >= 4 is 17.2 Å². The second-order valence-electron chi connectivity index (χ2n) is 6.60. The summed E-state index contributed by atoms with van der Waals surface area (Å²) in [7, 11) is 0. The Balaban J connectivity index is 1.39. The Morgan fingerprint density at radius 2 is 2.29 bits per heavy atom. The summed E-state index contributed by atoms with van der Waals surface area (Å²) in [4.78, 5) is 27.2. The molecule has 1 unspecified atom stereocenters. The van der Waals surface area contributed by atoms with E-state index in [9.17, 15) is 4.79 Å². The number of hydrogen-bond acceptors (Lipinski definition) is 6. The van der Waals surface area contributed by atoms with E-state index in [1.807, 2.05) is 10.3 Å². The van der Waals surface area contributed by atoms with Crippen LogP contribution in [0.4, 0.5) is 0 Å². The molecule has 1 spiro atoms. The first-order valence-electron chi connectivity index (χ1n) is 8.30. The zero-order valence-electron chi connectivity index (χ0n) is 13.5. The SMILES string of the molecule is O=C1CCC2(CCOC2)CN1CCc1csc(-c2cnccn2)n1. The third-order valence-corrected chi connectivity index (χ3v) is 5.82. The minimum absolute atomic E-state index is 0.195. The number of carbonyl (C=O) groups is 1. The minimum atomic E-state index is 0.195. The van der Waals surface area contributed by atoms with E-state index in [0.29, 0.717) is 6.42 Å². The third kappa shape index (κ3) is 3.18. The van der Waals surface area contributed by atoms with Crippen molar-refractivity contribution in [1.82, 2.24) is 19.9 Å². The Morgan fingerprint density at radius 3 is 3.08 bits per heavy atom. The van der Waals surface area contributed by atoms with E-state index in [1.54, 1.807) is 29.9 Å². The smallest absolute Gasteiger partial charge is 0.222 e. The van der Waals surface area contributed by atoms with Crippen molar-refractivity contribution in [3.63, 3.8) is 0 Å². The lowest BCUT2D eigenvalue weighted by Gasteiger charge is -2.39. The van der Waals surface area contributed by atoms with E-state index in [4.69, 9.17) is 4.74 Å². The van der Waals surface area contributed by atoms with Crippen LogP contribution < -0.4 is 0 Å². The van der Waals surface area contributed by atoms with Gasteiger partial charge < -0.3 is 9.64 Å². The van der Waals surface area contributed by atoms with Crippen LogP contribution in [0.2, 0.25) is 0 Å². The molecule has 6 nitrogen and oxygen atoms in total. The molecule has 2 saturated heterocycles. The van der Waals surface area contributed by atoms with Gasteiger partial charge in [-0.25, -0.2) is 4.98 Å². The fourth-order valence-corrected chi connectivity index (χ4v) is 4.29. The molecule has 2 aromatic heterocycles. The van der Waals surface area contributed by atoms with Crippen molar-refractivity contribution in [2.45, 2.75) is 25.7 Å². The average Bonchev–Trinajstić information content (AvgIpc) is 3.27. The molecule has 1 amide bonds. The fourth-order valence-electron chi connectivity index (χ4n) is 3.48. The number of hydrogen-bond donors (Lipinski definition) is 0. The van der Waals surface area contributed by atoms with Crippen LogP contribution in [0.5, 0.6) is 0 Å². The van der Waals surface area contributed by atoms with Gasteiger partial charge in [-0.2, -0.15) is 0 Å². The number of aromatic nitrogens is 3. The van der Waals surface area contributed by atoms with Crippen molar-refractivity contribution in [3.05, 3.63) is 29.7 Å². The number of rotatable bonds is 4. The first-order chi connectivity index (χ1) is 11.7. The highest BCUT2D eigenvalue weighted by Gasteiger charge is 2.41. The van der Waals surface area contributed by atoms with Crippen molar-refractivity contribution in [1.29, 1.82) is 0 Å². The lowest BCUT2D eigenvalue weighted by Crippen LogP contribution is -2.47. The summed E-state index contributed by atoms with van der Waals surface area (Å²) in [6.07, 6.45) is 8.51. The van der Waals surface area contributed by atoms with Crippen molar-refractivity contribution in [2.24, 2.45) is 5.41 Å². The van der Waals surface area contributed by atoms with Gasteiger partial charge in [-0.3, -0.25) is 14.8 Å². The number of amides is 1. The molecular formula is C17H20N4O2S. The van der Waals surface area contributed by atoms with E-state index in [-0.39, 0.29) is 11.3 Å². The zero-order chi connectivity index (χ0) is 16.4. The highest BCUT2D eigenvalue weighted by molar-refractivity contribution is 7.13. The number of ether oxygens (including phenoxy) is 1. The van der Waals surface area contributed by atoms with Gasteiger partial charge in [-0.05, 0) is 12.8 Å². The van der Waals surface area contributed by atoms with Crippen molar-refractivity contribution in [2.75, 3.05) is 26.3 Å². The Bertz CT molecular complexity index is 712. The molecule has 1 atom stereocenters. The van der Waals surface area contributed by atoms with Gasteiger partial charge >= 0.3 is 0 Å². The van der Waals surface area contributed by atoms with Gasteiger partial charge in [0, 0.05) is 55.7 Å². The molecule has 0 N–H and O–H groups in total. The lowest BCUT2D eigenvalue weighted by atomic mass is 9.79. The molecule has 0 aliphatic carbocycles. The first-order valence-corrected chi connectivity index (χ1v) is 9.18. The Kier molecular flexibility index (Phi) is 4.28. The van der Waals surface area contributed by atoms with Crippen LogP contribution in [0.15, 0.2) is 24.0 Å². The van der Waals surface area contributed by atoms with Crippen LogP contribution in [-0.4, -0.2) is 52.1 Å². The van der Waals surface area contributed by atoms with E-state index in [2.05, 4.69) is 15.0 Å². The van der Waals surface area contributed by atoms with E-state index >= 15 is 0 Å². The van der Waals surface area contributed by atoms with Crippen LogP contribution in [0.25, 0.3) is 10.7 Å². The summed E-state index contributed by atoms with van der Waals surface area (Å²) in [6.45, 7) is 3.18. The Hall–Kier alpha value is -1.86. The van der Waals surface area contributed by atoms with Crippen LogP contribution in [0.1, 0.15) is 25.0 Å². The highest BCUT2D eigenvalue weighted by atomic mass is 32.1. The molecule has 7 heteroatoms. The van der Waals surface area contributed by atoms with Crippen LogP contribution >= 0.6 is 11.3 Å². The number of piperidine rings is 1. The van der Waals surface area contributed by atoms with Gasteiger partial charge in [0.1, 0.15) is 10.7 Å². The molecular weight excluding hydrogens is 324 g/mol. The van der Waals surface area contributed by atoms with Gasteiger partial charge in [0.15, 0.2) is 0 Å². The normalized spacial score (nSPS) is 24.0. The first kappa shape index (κ1) is 15.7. The van der Waals surface area contributed by atoms with E-state index in [0.717, 1.165) is 62.0 Å².